The largest absolute Gasteiger partial charge is 0.573 e. The van der Waals surface area contributed by atoms with Gasteiger partial charge >= 0.3 is 12.4 Å². The van der Waals surface area contributed by atoms with E-state index in [9.17, 15) is 18.0 Å². The lowest BCUT2D eigenvalue weighted by molar-refractivity contribution is -0.274. The summed E-state index contributed by atoms with van der Waals surface area (Å²) in [6, 6.07) is 19.3. The van der Waals surface area contributed by atoms with Crippen LogP contribution in [0.3, 0.4) is 0 Å². The molecule has 1 aliphatic heterocycles. The highest BCUT2D eigenvalue weighted by atomic mass is 32.2. The number of thioether (sulfide) groups is 1. The molecule has 1 N–H and O–H groups in total. The lowest BCUT2D eigenvalue weighted by Crippen LogP contribution is -2.37. The van der Waals surface area contributed by atoms with E-state index in [0.717, 1.165) is 47.1 Å². The van der Waals surface area contributed by atoms with Gasteiger partial charge in [-0.25, -0.2) is 14.5 Å². The fraction of sp³-hybridized carbons (Fsp3) is 0.353. The number of urea groups is 1. The number of anilines is 1. The van der Waals surface area contributed by atoms with Crippen LogP contribution in [0, 0.1) is 12.8 Å². The molecule has 0 spiro atoms. The number of rotatable bonds is 9. The molecular weight excluding hydrogens is 613 g/mol. The van der Waals surface area contributed by atoms with Crippen molar-refractivity contribution in [2.45, 2.75) is 52.8 Å². The molecule has 1 saturated heterocycles. The van der Waals surface area contributed by atoms with Crippen LogP contribution >= 0.6 is 11.8 Å². The van der Waals surface area contributed by atoms with Gasteiger partial charge in [0.15, 0.2) is 11.0 Å². The highest BCUT2D eigenvalue weighted by Gasteiger charge is 2.31. The summed E-state index contributed by atoms with van der Waals surface area (Å²) in [6.45, 7) is 9.92. The summed E-state index contributed by atoms with van der Waals surface area (Å²) in [5.41, 5.74) is 6.12. The van der Waals surface area contributed by atoms with Gasteiger partial charge in [-0.05, 0) is 78.6 Å². The molecule has 8 nitrogen and oxygen atoms in total. The number of carbonyl (C=O) groups excluding carboxylic acids is 1. The zero-order chi connectivity index (χ0) is 32.8. The Balaban J connectivity index is 1.16. The van der Waals surface area contributed by atoms with Gasteiger partial charge in [0.05, 0.1) is 5.69 Å². The SMILES string of the molecule is Cc1cccc(N2CCCSC2=NC(=O)NCC(C)Cc2ccc(-c3ncn(-c4ccc(OC(F)(F)F)cc4)n3)cc2)c1C(C)C. The van der Waals surface area contributed by atoms with Crippen LogP contribution < -0.4 is 15.0 Å². The first-order valence-corrected chi connectivity index (χ1v) is 16.2. The number of aryl methyl sites for hydroxylation is 1. The lowest BCUT2D eigenvalue weighted by atomic mass is 9.95. The van der Waals surface area contributed by atoms with Gasteiger partial charge in [-0.1, -0.05) is 68.9 Å². The van der Waals surface area contributed by atoms with Crippen molar-refractivity contribution in [1.29, 1.82) is 0 Å². The first-order valence-electron chi connectivity index (χ1n) is 15.2. The molecule has 3 aromatic carbocycles. The molecule has 1 unspecified atom stereocenters. The second-order valence-electron chi connectivity index (χ2n) is 11.7. The number of benzene rings is 3. The van der Waals surface area contributed by atoms with E-state index in [0.29, 0.717) is 24.0 Å². The molecular formula is C34H37F3N6O2S. The summed E-state index contributed by atoms with van der Waals surface area (Å²) in [4.78, 5) is 23.9. The van der Waals surface area contributed by atoms with Crippen LogP contribution in [0.1, 0.15) is 49.8 Å². The van der Waals surface area contributed by atoms with Crippen molar-refractivity contribution in [1.82, 2.24) is 20.1 Å². The molecule has 12 heteroatoms. The number of amidine groups is 1. The minimum atomic E-state index is -4.74. The van der Waals surface area contributed by atoms with E-state index in [-0.39, 0.29) is 17.7 Å². The average molecular weight is 651 g/mol. The van der Waals surface area contributed by atoms with E-state index in [1.165, 1.54) is 46.4 Å². The Labute approximate surface area is 271 Å². The van der Waals surface area contributed by atoms with E-state index >= 15 is 0 Å². The minimum absolute atomic E-state index is 0.177. The molecule has 46 heavy (non-hydrogen) atoms. The summed E-state index contributed by atoms with van der Waals surface area (Å²) in [5, 5.41) is 8.19. The molecule has 2 heterocycles. The van der Waals surface area contributed by atoms with Crippen LogP contribution in [0.25, 0.3) is 17.1 Å². The standard InChI is InChI=1S/C34H37F3N6O2S/c1-22(2)30-24(4)7-5-8-29(30)42-17-6-18-46-33(42)40-32(44)38-20-23(3)19-25-9-11-26(12-10-25)31-39-21-43(41-31)27-13-15-28(16-14-27)45-34(35,36)37/h5,7-16,21-23H,6,17-20H2,1-4H3,(H,38,44). The summed E-state index contributed by atoms with van der Waals surface area (Å²) < 4.78 is 42.7. The van der Waals surface area contributed by atoms with Crippen molar-refractivity contribution < 1.29 is 22.7 Å². The van der Waals surface area contributed by atoms with Gasteiger partial charge < -0.3 is 15.0 Å². The van der Waals surface area contributed by atoms with Gasteiger partial charge in [-0.3, -0.25) is 0 Å². The maximum Gasteiger partial charge on any atom is 0.573 e. The molecule has 1 atom stereocenters. The number of ether oxygens (including phenoxy) is 1. The molecule has 2 amide bonds. The molecule has 1 aromatic heterocycles. The predicted octanol–water partition coefficient (Wildman–Crippen LogP) is 8.15. The quantitative estimate of drug-likeness (QED) is 0.197. The van der Waals surface area contributed by atoms with Crippen molar-refractivity contribution in [3.63, 3.8) is 0 Å². The second-order valence-corrected chi connectivity index (χ2v) is 12.7. The van der Waals surface area contributed by atoms with E-state index in [1.807, 2.05) is 24.3 Å². The number of nitrogens with one attached hydrogen (secondary N) is 1. The number of alkyl halides is 3. The number of nitrogens with zero attached hydrogens (tertiary/aromatic N) is 5. The van der Waals surface area contributed by atoms with Crippen LogP contribution in [-0.2, 0) is 6.42 Å². The van der Waals surface area contributed by atoms with Crippen molar-refractivity contribution in [3.8, 4) is 22.8 Å². The Hall–Kier alpha value is -4.32. The van der Waals surface area contributed by atoms with Crippen LogP contribution in [0.5, 0.6) is 5.75 Å². The Kier molecular flexibility index (Phi) is 10.4. The Morgan fingerprint density at radius 3 is 2.50 bits per heavy atom. The van der Waals surface area contributed by atoms with E-state index in [4.69, 9.17) is 0 Å². The number of amides is 2. The average Bonchev–Trinajstić information content (AvgIpc) is 3.50. The zero-order valence-electron chi connectivity index (χ0n) is 26.2. The number of aliphatic imine (C=N–C) groups is 1. The maximum atomic E-state index is 12.9. The summed E-state index contributed by atoms with van der Waals surface area (Å²) in [6.07, 6.45) is -1.45. The highest BCUT2D eigenvalue weighted by molar-refractivity contribution is 8.14. The van der Waals surface area contributed by atoms with E-state index < -0.39 is 6.36 Å². The topological polar surface area (TPSA) is 84.6 Å². The summed E-state index contributed by atoms with van der Waals surface area (Å²) in [7, 11) is 0. The van der Waals surface area contributed by atoms with Gasteiger partial charge in [-0.2, -0.15) is 4.99 Å². The monoisotopic (exact) mass is 650 g/mol. The number of aromatic nitrogens is 3. The first kappa shape index (κ1) is 33.1. The number of hydrogen-bond donors (Lipinski definition) is 1. The van der Waals surface area contributed by atoms with Gasteiger partial charge in [0.1, 0.15) is 12.1 Å². The molecule has 0 aliphatic carbocycles. The smallest absolute Gasteiger partial charge is 0.406 e. The normalized spacial score (nSPS) is 15.3. The first-order chi connectivity index (χ1) is 22.0. The van der Waals surface area contributed by atoms with E-state index in [1.54, 1.807) is 11.8 Å². The maximum absolute atomic E-state index is 12.9. The third kappa shape index (κ3) is 8.48. The van der Waals surface area contributed by atoms with E-state index in [2.05, 4.69) is 75.9 Å². The lowest BCUT2D eigenvalue weighted by Gasteiger charge is -2.32. The Morgan fingerprint density at radius 1 is 1.07 bits per heavy atom. The molecule has 0 bridgehead atoms. The summed E-state index contributed by atoms with van der Waals surface area (Å²) in [5.74, 6) is 1.65. The third-order valence-corrected chi connectivity index (χ3v) is 8.64. The highest BCUT2D eigenvalue weighted by Crippen LogP contribution is 2.34. The van der Waals surface area contributed by atoms with Crippen molar-refractivity contribution >= 4 is 28.6 Å². The number of halogens is 3. The van der Waals surface area contributed by atoms with Gasteiger partial charge in [-0.15, -0.1) is 18.3 Å². The second kappa shape index (κ2) is 14.4. The van der Waals surface area contributed by atoms with Crippen LogP contribution in [0.15, 0.2) is 78.0 Å². The molecule has 5 rings (SSSR count). The van der Waals surface area contributed by atoms with Gasteiger partial charge in [0.25, 0.3) is 0 Å². The van der Waals surface area contributed by atoms with Crippen molar-refractivity contribution in [3.05, 3.63) is 89.7 Å². The predicted molar refractivity (Wildman–Crippen MR) is 177 cm³/mol. The molecule has 0 saturated carbocycles. The van der Waals surface area contributed by atoms with Crippen LogP contribution in [0.2, 0.25) is 0 Å². The zero-order valence-corrected chi connectivity index (χ0v) is 27.0. The van der Waals surface area contributed by atoms with Crippen LogP contribution in [-0.4, -0.2) is 51.2 Å². The summed E-state index contributed by atoms with van der Waals surface area (Å²) >= 11 is 1.62. The fourth-order valence-corrected chi connectivity index (χ4v) is 6.45. The minimum Gasteiger partial charge on any atom is -0.406 e. The number of hydrogen-bond acceptors (Lipinski definition) is 5. The fourth-order valence-electron chi connectivity index (χ4n) is 5.50. The Morgan fingerprint density at radius 2 is 1.80 bits per heavy atom. The molecule has 242 valence electrons. The molecule has 1 fully saturated rings. The van der Waals surface area contributed by atoms with Gasteiger partial charge in [0.2, 0.25) is 0 Å². The molecule has 4 aromatic rings. The Bertz CT molecular complexity index is 1670. The molecule has 0 radical (unpaired) electrons. The van der Waals surface area contributed by atoms with Crippen LogP contribution in [0.4, 0.5) is 23.7 Å². The van der Waals surface area contributed by atoms with Crippen molar-refractivity contribution in [2.24, 2.45) is 10.9 Å². The third-order valence-electron chi connectivity index (χ3n) is 7.58. The van der Waals surface area contributed by atoms with Crippen molar-refractivity contribution in [2.75, 3.05) is 23.7 Å². The number of carbonyl (C=O) groups is 1. The van der Waals surface area contributed by atoms with Gasteiger partial charge in [0, 0.05) is 30.1 Å². The molecule has 1 aliphatic rings.